The molecule has 26 heavy (non-hydrogen) atoms. The Hall–Kier alpha value is -2.53. The number of hydrogen-bond donors (Lipinski definition) is 1. The number of ketones is 1. The summed E-state index contributed by atoms with van der Waals surface area (Å²) in [5, 5.41) is 3.05. The smallest absolute Gasteiger partial charge is 0.251 e. The molecule has 1 N–H and O–H groups in total. The molecule has 3 rings (SSSR count). The predicted octanol–water partition coefficient (Wildman–Crippen LogP) is 3.42. The van der Waals surface area contributed by atoms with Crippen molar-refractivity contribution >= 4 is 11.7 Å². The average Bonchev–Trinajstić information content (AvgIpc) is 2.64. The molecule has 4 nitrogen and oxygen atoms in total. The van der Waals surface area contributed by atoms with Crippen LogP contribution in [0.15, 0.2) is 48.5 Å². The van der Waals surface area contributed by atoms with Gasteiger partial charge in [0.1, 0.15) is 5.82 Å². The van der Waals surface area contributed by atoms with E-state index in [1.807, 2.05) is 6.07 Å². The van der Waals surface area contributed by atoms with Crippen LogP contribution in [0.1, 0.15) is 46.0 Å². The van der Waals surface area contributed by atoms with Crippen molar-refractivity contribution in [3.8, 4) is 0 Å². The Kier molecular flexibility index (Phi) is 5.78. The number of nitrogens with zero attached hydrogens (tertiary/aromatic N) is 1. The van der Waals surface area contributed by atoms with E-state index in [1.165, 1.54) is 13.0 Å². The second kappa shape index (κ2) is 8.23. The van der Waals surface area contributed by atoms with E-state index in [0.717, 1.165) is 19.4 Å². The standard InChI is InChI=1S/C21H23FN2O2/c1-15(25)16-8-10-17(11-9-16)21(26)23-19-6-4-12-24(14-19)13-18-5-2-3-7-20(18)22/h2-3,5,7-11,19H,4,6,12-14H2,1H3,(H,23,26)/t19-/m0/s1. The predicted molar refractivity (Wildman–Crippen MR) is 98.6 cm³/mol. The van der Waals surface area contributed by atoms with Crippen LogP contribution < -0.4 is 5.32 Å². The SMILES string of the molecule is CC(=O)c1ccc(C(=O)N[C@H]2CCCN(Cc3ccccc3F)C2)cc1. The van der Waals surface area contributed by atoms with Gasteiger partial charge in [-0.05, 0) is 44.5 Å². The molecule has 5 heteroatoms. The molecule has 2 aromatic rings. The molecule has 0 unspecified atom stereocenters. The van der Waals surface area contributed by atoms with Crippen molar-refractivity contribution in [3.05, 3.63) is 71.0 Å². The lowest BCUT2D eigenvalue weighted by Gasteiger charge is -2.33. The van der Waals surface area contributed by atoms with Gasteiger partial charge in [-0.2, -0.15) is 0 Å². The van der Waals surface area contributed by atoms with Gasteiger partial charge >= 0.3 is 0 Å². The second-order valence-electron chi connectivity index (χ2n) is 6.77. The summed E-state index contributed by atoms with van der Waals surface area (Å²) in [7, 11) is 0. The van der Waals surface area contributed by atoms with Crippen LogP contribution in [0.3, 0.4) is 0 Å². The van der Waals surface area contributed by atoms with E-state index in [4.69, 9.17) is 0 Å². The zero-order chi connectivity index (χ0) is 18.5. The molecule has 0 aliphatic carbocycles. The molecule has 1 fully saturated rings. The van der Waals surface area contributed by atoms with Crippen molar-refractivity contribution < 1.29 is 14.0 Å². The highest BCUT2D eigenvalue weighted by Crippen LogP contribution is 2.16. The fraction of sp³-hybridized carbons (Fsp3) is 0.333. The summed E-state index contributed by atoms with van der Waals surface area (Å²) in [6.45, 7) is 3.65. The number of nitrogens with one attached hydrogen (secondary N) is 1. The van der Waals surface area contributed by atoms with E-state index >= 15 is 0 Å². The van der Waals surface area contributed by atoms with Gasteiger partial charge in [0, 0.05) is 35.8 Å². The Morgan fingerprint density at radius 2 is 1.81 bits per heavy atom. The van der Waals surface area contributed by atoms with Crippen molar-refractivity contribution in [2.24, 2.45) is 0 Å². The van der Waals surface area contributed by atoms with Crippen LogP contribution in [-0.2, 0) is 6.54 Å². The first kappa shape index (κ1) is 18.3. The summed E-state index contributed by atoms with van der Waals surface area (Å²) in [6, 6.07) is 13.5. The summed E-state index contributed by atoms with van der Waals surface area (Å²) in [4.78, 5) is 25.9. The van der Waals surface area contributed by atoms with Crippen molar-refractivity contribution in [1.82, 2.24) is 10.2 Å². The number of carbonyl (C=O) groups is 2. The van der Waals surface area contributed by atoms with Crippen molar-refractivity contribution in [1.29, 1.82) is 0 Å². The summed E-state index contributed by atoms with van der Waals surface area (Å²) in [5.41, 5.74) is 1.82. The quantitative estimate of drug-likeness (QED) is 0.837. The monoisotopic (exact) mass is 354 g/mol. The van der Waals surface area contributed by atoms with Gasteiger partial charge in [-0.3, -0.25) is 14.5 Å². The van der Waals surface area contributed by atoms with E-state index in [-0.39, 0.29) is 23.5 Å². The van der Waals surface area contributed by atoms with Gasteiger partial charge in [-0.1, -0.05) is 30.3 Å². The topological polar surface area (TPSA) is 49.4 Å². The van der Waals surface area contributed by atoms with Gasteiger partial charge in [-0.15, -0.1) is 0 Å². The Balaban J connectivity index is 1.58. The summed E-state index contributed by atoms with van der Waals surface area (Å²) in [5.74, 6) is -0.352. The third kappa shape index (κ3) is 4.55. The van der Waals surface area contributed by atoms with Crippen LogP contribution in [0.2, 0.25) is 0 Å². The molecule has 2 aromatic carbocycles. The maximum atomic E-state index is 13.8. The minimum Gasteiger partial charge on any atom is -0.348 e. The van der Waals surface area contributed by atoms with Crippen LogP contribution in [0.4, 0.5) is 4.39 Å². The Bertz CT molecular complexity index is 789. The number of hydrogen-bond acceptors (Lipinski definition) is 3. The molecule has 0 bridgehead atoms. The van der Waals surface area contributed by atoms with Gasteiger partial charge in [0.25, 0.3) is 5.91 Å². The van der Waals surface area contributed by atoms with E-state index < -0.39 is 0 Å². The van der Waals surface area contributed by atoms with E-state index in [2.05, 4.69) is 10.2 Å². The molecule has 0 spiro atoms. The zero-order valence-corrected chi connectivity index (χ0v) is 14.9. The first-order valence-corrected chi connectivity index (χ1v) is 8.90. The van der Waals surface area contributed by atoms with Crippen molar-refractivity contribution in [2.75, 3.05) is 13.1 Å². The lowest BCUT2D eigenvalue weighted by Crippen LogP contribution is -2.47. The molecule has 1 aliphatic heterocycles. The van der Waals surface area contributed by atoms with Crippen LogP contribution in [0, 0.1) is 5.82 Å². The fourth-order valence-corrected chi connectivity index (χ4v) is 3.31. The number of benzene rings is 2. The lowest BCUT2D eigenvalue weighted by atomic mass is 10.0. The number of rotatable bonds is 5. The molecular formula is C21H23FN2O2. The third-order valence-corrected chi connectivity index (χ3v) is 4.75. The highest BCUT2D eigenvalue weighted by atomic mass is 19.1. The van der Waals surface area contributed by atoms with Crippen molar-refractivity contribution in [2.45, 2.75) is 32.4 Å². The van der Waals surface area contributed by atoms with E-state index in [1.54, 1.807) is 36.4 Å². The number of carbonyl (C=O) groups excluding carboxylic acids is 2. The molecule has 0 radical (unpaired) electrons. The number of likely N-dealkylation sites (tertiary alicyclic amines) is 1. The summed E-state index contributed by atoms with van der Waals surface area (Å²) >= 11 is 0. The number of Topliss-reactive ketones (excluding diaryl/α,β-unsaturated/α-hetero) is 1. The maximum absolute atomic E-state index is 13.8. The first-order chi connectivity index (χ1) is 12.5. The highest BCUT2D eigenvalue weighted by molar-refractivity contribution is 5.97. The number of piperidine rings is 1. The van der Waals surface area contributed by atoms with Crippen LogP contribution in [0.25, 0.3) is 0 Å². The fourth-order valence-electron chi connectivity index (χ4n) is 3.31. The molecule has 1 heterocycles. The lowest BCUT2D eigenvalue weighted by molar-refractivity contribution is 0.0899. The molecule has 1 saturated heterocycles. The molecule has 1 amide bonds. The highest BCUT2D eigenvalue weighted by Gasteiger charge is 2.22. The van der Waals surface area contributed by atoms with Gasteiger partial charge < -0.3 is 5.32 Å². The summed E-state index contributed by atoms with van der Waals surface area (Å²) in [6.07, 6.45) is 1.87. The Labute approximate surface area is 153 Å². The number of halogens is 1. The Morgan fingerprint density at radius 1 is 1.12 bits per heavy atom. The third-order valence-electron chi connectivity index (χ3n) is 4.75. The second-order valence-corrected chi connectivity index (χ2v) is 6.77. The molecule has 1 atom stereocenters. The number of amides is 1. The first-order valence-electron chi connectivity index (χ1n) is 8.90. The average molecular weight is 354 g/mol. The maximum Gasteiger partial charge on any atom is 0.251 e. The van der Waals surface area contributed by atoms with Gasteiger partial charge in [0.2, 0.25) is 0 Å². The Morgan fingerprint density at radius 3 is 2.50 bits per heavy atom. The molecule has 0 saturated carbocycles. The van der Waals surface area contributed by atoms with Gasteiger partial charge in [0.15, 0.2) is 5.78 Å². The van der Waals surface area contributed by atoms with Crippen LogP contribution in [0.5, 0.6) is 0 Å². The molecular weight excluding hydrogens is 331 g/mol. The molecule has 0 aromatic heterocycles. The van der Waals surface area contributed by atoms with Gasteiger partial charge in [-0.25, -0.2) is 4.39 Å². The molecule has 1 aliphatic rings. The van der Waals surface area contributed by atoms with Gasteiger partial charge in [0.05, 0.1) is 0 Å². The largest absolute Gasteiger partial charge is 0.348 e. The normalized spacial score (nSPS) is 17.7. The van der Waals surface area contributed by atoms with Crippen LogP contribution in [-0.4, -0.2) is 35.7 Å². The summed E-state index contributed by atoms with van der Waals surface area (Å²) < 4.78 is 13.8. The van der Waals surface area contributed by atoms with E-state index in [0.29, 0.717) is 29.8 Å². The molecule has 136 valence electrons. The van der Waals surface area contributed by atoms with Crippen LogP contribution >= 0.6 is 0 Å². The minimum atomic E-state index is -0.191. The van der Waals surface area contributed by atoms with Crippen molar-refractivity contribution in [3.63, 3.8) is 0 Å². The van der Waals surface area contributed by atoms with E-state index in [9.17, 15) is 14.0 Å². The zero-order valence-electron chi connectivity index (χ0n) is 14.9. The minimum absolute atomic E-state index is 0.0203.